The number of likely N-dealkylation sites (N-methyl/N-ethyl adjacent to an activating group) is 1. The fraction of sp³-hybridized carbons (Fsp3) is 0.417. The topological polar surface area (TPSA) is 70.3 Å². The van der Waals surface area contributed by atoms with E-state index in [1.165, 1.54) is 0 Å². The molecule has 30 heavy (non-hydrogen) atoms. The Hall–Kier alpha value is -3.04. The van der Waals surface area contributed by atoms with Crippen molar-refractivity contribution in [3.63, 3.8) is 0 Å². The van der Waals surface area contributed by atoms with Crippen LogP contribution in [-0.4, -0.2) is 43.3 Å². The number of carbonyl (C=O) groups is 1. The highest BCUT2D eigenvalue weighted by molar-refractivity contribution is 6.01. The minimum Gasteiger partial charge on any atom is -0.376 e. The normalized spacial score (nSPS) is 16.3. The molecule has 0 spiro atoms. The second-order valence-electron chi connectivity index (χ2n) is 7.75. The highest BCUT2D eigenvalue weighted by Crippen LogP contribution is 2.22. The molecule has 1 aliphatic rings. The van der Waals surface area contributed by atoms with Gasteiger partial charge in [0.05, 0.1) is 6.10 Å². The summed E-state index contributed by atoms with van der Waals surface area (Å²) in [5, 5.41) is 12.4. The third kappa shape index (κ3) is 5.31. The van der Waals surface area contributed by atoms with Crippen LogP contribution < -0.4 is 10.2 Å². The summed E-state index contributed by atoms with van der Waals surface area (Å²) < 4.78 is 7.97. The lowest BCUT2D eigenvalue weighted by Gasteiger charge is -2.19. The second-order valence-corrected chi connectivity index (χ2v) is 7.75. The van der Waals surface area contributed by atoms with Crippen LogP contribution in [-0.2, 0) is 16.1 Å². The lowest BCUT2D eigenvalue weighted by Crippen LogP contribution is -2.33. The number of ether oxygens (including phenoxy) is 1. The van der Waals surface area contributed by atoms with Gasteiger partial charge in [-0.05, 0) is 56.5 Å². The molecule has 0 radical (unpaired) electrons. The fourth-order valence-corrected chi connectivity index (χ4v) is 3.79. The first-order valence-electron chi connectivity index (χ1n) is 10.4. The van der Waals surface area contributed by atoms with Crippen LogP contribution in [0.4, 0.5) is 5.69 Å². The molecule has 6 heteroatoms. The molecule has 158 valence electrons. The van der Waals surface area contributed by atoms with E-state index >= 15 is 0 Å². The van der Waals surface area contributed by atoms with Gasteiger partial charge in [-0.2, -0.15) is 5.26 Å². The van der Waals surface area contributed by atoms with Crippen LogP contribution in [0, 0.1) is 25.2 Å². The van der Waals surface area contributed by atoms with Crippen molar-refractivity contribution in [1.82, 2.24) is 9.88 Å². The quantitative estimate of drug-likeness (QED) is 0.539. The smallest absolute Gasteiger partial charge is 0.262 e. The number of carbonyl (C=O) groups excluding carboxylic acids is 1. The van der Waals surface area contributed by atoms with Crippen LogP contribution in [0.5, 0.6) is 0 Å². The zero-order valence-electron chi connectivity index (χ0n) is 18.0. The van der Waals surface area contributed by atoms with Crippen LogP contribution in [0.2, 0.25) is 0 Å². The van der Waals surface area contributed by atoms with E-state index in [-0.39, 0.29) is 17.6 Å². The van der Waals surface area contributed by atoms with E-state index in [9.17, 15) is 10.1 Å². The molecule has 0 bridgehead atoms. The van der Waals surface area contributed by atoms with Gasteiger partial charge in [0.2, 0.25) is 0 Å². The van der Waals surface area contributed by atoms with Gasteiger partial charge in [0.15, 0.2) is 0 Å². The Morgan fingerprint density at radius 1 is 1.37 bits per heavy atom. The van der Waals surface area contributed by atoms with E-state index in [0.29, 0.717) is 13.1 Å². The first-order chi connectivity index (χ1) is 14.5. The molecule has 0 saturated carbocycles. The van der Waals surface area contributed by atoms with E-state index in [2.05, 4.69) is 20.9 Å². The summed E-state index contributed by atoms with van der Waals surface area (Å²) in [4.78, 5) is 14.6. The molecule has 3 rings (SSSR count). The van der Waals surface area contributed by atoms with Crippen molar-refractivity contribution in [3.05, 3.63) is 58.9 Å². The van der Waals surface area contributed by atoms with Crippen molar-refractivity contribution in [2.75, 3.05) is 31.6 Å². The number of aryl methyl sites for hydroxylation is 1. The van der Waals surface area contributed by atoms with Gasteiger partial charge < -0.3 is 19.5 Å². The molecule has 1 aromatic carbocycles. The summed E-state index contributed by atoms with van der Waals surface area (Å²) in [6, 6.07) is 14.1. The van der Waals surface area contributed by atoms with Gasteiger partial charge in [-0.25, -0.2) is 0 Å². The number of hydrogen-bond acceptors (Lipinski definition) is 4. The van der Waals surface area contributed by atoms with Crippen molar-refractivity contribution in [3.8, 4) is 6.07 Å². The molecular formula is C24H30N4O2. The number of nitriles is 1. The Bertz CT molecular complexity index is 934. The number of nitrogens with one attached hydrogen (secondary N) is 1. The van der Waals surface area contributed by atoms with Crippen LogP contribution in [0.15, 0.2) is 42.0 Å². The van der Waals surface area contributed by atoms with Gasteiger partial charge in [-0.15, -0.1) is 0 Å². The molecule has 0 aliphatic carbocycles. The van der Waals surface area contributed by atoms with Gasteiger partial charge in [0.1, 0.15) is 11.6 Å². The third-order valence-corrected chi connectivity index (χ3v) is 5.62. The Morgan fingerprint density at radius 3 is 2.80 bits per heavy atom. The van der Waals surface area contributed by atoms with Crippen molar-refractivity contribution in [2.45, 2.75) is 39.3 Å². The summed E-state index contributed by atoms with van der Waals surface area (Å²) in [6.45, 7) is 6.83. The molecule has 6 nitrogen and oxygen atoms in total. The van der Waals surface area contributed by atoms with E-state index in [4.69, 9.17) is 4.74 Å². The summed E-state index contributed by atoms with van der Waals surface area (Å²) in [6.07, 6.45) is 4.11. The zero-order chi connectivity index (χ0) is 21.5. The maximum atomic E-state index is 12.5. The average Bonchev–Trinajstić information content (AvgIpc) is 3.36. The van der Waals surface area contributed by atoms with E-state index in [1.807, 2.05) is 57.3 Å². The van der Waals surface area contributed by atoms with Crippen molar-refractivity contribution in [1.29, 1.82) is 5.26 Å². The van der Waals surface area contributed by atoms with E-state index < -0.39 is 0 Å². The van der Waals surface area contributed by atoms with Crippen LogP contribution in [0.1, 0.15) is 29.8 Å². The van der Waals surface area contributed by atoms with Crippen molar-refractivity contribution >= 4 is 17.7 Å². The second kappa shape index (κ2) is 10.1. The van der Waals surface area contributed by atoms with Gasteiger partial charge in [0, 0.05) is 50.4 Å². The highest BCUT2D eigenvalue weighted by atomic mass is 16.5. The number of rotatable bonds is 8. The average molecular weight is 407 g/mol. The number of aromatic nitrogens is 1. The third-order valence-electron chi connectivity index (χ3n) is 5.62. The minimum atomic E-state index is -0.345. The monoisotopic (exact) mass is 406 g/mol. The number of hydrogen-bond donors (Lipinski definition) is 1. The first kappa shape index (κ1) is 21.7. The number of para-hydroxylation sites is 1. The lowest BCUT2D eigenvalue weighted by molar-refractivity contribution is -0.116. The predicted octanol–water partition coefficient (Wildman–Crippen LogP) is 3.44. The lowest BCUT2D eigenvalue weighted by atomic mass is 10.1. The van der Waals surface area contributed by atoms with Gasteiger partial charge >= 0.3 is 0 Å². The van der Waals surface area contributed by atoms with Gasteiger partial charge in [0.25, 0.3) is 5.91 Å². The van der Waals surface area contributed by atoms with Gasteiger partial charge in [-0.3, -0.25) is 4.79 Å². The molecule has 1 fully saturated rings. The number of amides is 1. The Balaban J connectivity index is 1.62. The highest BCUT2D eigenvalue weighted by Gasteiger charge is 2.19. The molecular weight excluding hydrogens is 376 g/mol. The first-order valence-corrected chi connectivity index (χ1v) is 10.4. The number of nitrogens with zero attached hydrogens (tertiary/aromatic N) is 3. The molecule has 1 amide bonds. The molecule has 1 saturated heterocycles. The summed E-state index contributed by atoms with van der Waals surface area (Å²) >= 11 is 0. The van der Waals surface area contributed by atoms with Gasteiger partial charge in [-0.1, -0.05) is 18.2 Å². The maximum Gasteiger partial charge on any atom is 0.262 e. The molecule has 1 unspecified atom stereocenters. The minimum absolute atomic E-state index is 0.120. The molecule has 2 aromatic rings. The zero-order valence-corrected chi connectivity index (χ0v) is 18.0. The summed E-state index contributed by atoms with van der Waals surface area (Å²) in [5.41, 5.74) is 4.26. The van der Waals surface area contributed by atoms with Crippen molar-refractivity contribution < 1.29 is 9.53 Å². The van der Waals surface area contributed by atoms with Crippen LogP contribution >= 0.6 is 0 Å². The summed E-state index contributed by atoms with van der Waals surface area (Å²) in [7, 11) is 1.98. The van der Waals surface area contributed by atoms with Crippen molar-refractivity contribution in [2.24, 2.45) is 0 Å². The Morgan fingerprint density at radius 2 is 2.13 bits per heavy atom. The van der Waals surface area contributed by atoms with E-state index in [0.717, 1.165) is 48.6 Å². The molecule has 1 N–H and O–H groups in total. The van der Waals surface area contributed by atoms with E-state index in [1.54, 1.807) is 6.08 Å². The maximum absolute atomic E-state index is 12.5. The Labute approximate surface area is 178 Å². The molecule has 2 heterocycles. The molecule has 1 aliphatic heterocycles. The standard InChI is InChI=1S/C24H30N4O2/c1-18-14-20(19(2)28(18)17-23-10-7-13-30-23)15-21(16-25)24(29)26-11-12-27(3)22-8-5-4-6-9-22/h4-6,8-9,14-15,23H,7,10-13,17H2,1-3H3,(H,26,29)/b21-15+. The molecule has 1 atom stereocenters. The summed E-state index contributed by atoms with van der Waals surface area (Å²) in [5.74, 6) is -0.345. The number of benzene rings is 1. The largest absolute Gasteiger partial charge is 0.376 e. The van der Waals surface area contributed by atoms with Crippen LogP contribution in [0.25, 0.3) is 6.08 Å². The van der Waals surface area contributed by atoms with Crippen LogP contribution in [0.3, 0.4) is 0 Å². The predicted molar refractivity (Wildman–Crippen MR) is 119 cm³/mol. The molecule has 1 aromatic heterocycles. The Kier molecular flexibility index (Phi) is 7.31. The number of anilines is 1. The fourth-order valence-electron chi connectivity index (χ4n) is 3.79. The SMILES string of the molecule is Cc1cc(/C=C(\C#N)C(=O)NCCN(C)c2ccccc2)c(C)n1CC1CCCO1.